The Bertz CT molecular complexity index is 272. The number of hydrogen-bond donors (Lipinski definition) is 1. The van der Waals surface area contributed by atoms with Crippen molar-refractivity contribution in [1.82, 2.24) is 20.1 Å². The molecule has 14 heavy (non-hydrogen) atoms. The molecule has 5 heteroatoms. The van der Waals surface area contributed by atoms with Crippen LogP contribution in [0.5, 0.6) is 0 Å². The van der Waals surface area contributed by atoms with E-state index in [0.717, 1.165) is 18.8 Å². The minimum absolute atomic E-state index is 0.487. The van der Waals surface area contributed by atoms with Crippen molar-refractivity contribution in [2.75, 3.05) is 0 Å². The number of aryl methyl sites for hydroxylation is 1. The monoisotopic (exact) mass is 260 g/mol. The molecule has 1 heterocycles. The first-order valence-corrected chi connectivity index (χ1v) is 5.71. The van der Waals surface area contributed by atoms with Crippen molar-refractivity contribution >= 4 is 15.9 Å². The molecule has 0 saturated carbocycles. The highest BCUT2D eigenvalue weighted by atomic mass is 79.9. The molecule has 0 aromatic carbocycles. The molecular formula is C9H17BrN4. The number of rotatable bonds is 5. The van der Waals surface area contributed by atoms with Crippen LogP contribution in [0.1, 0.15) is 26.1 Å². The van der Waals surface area contributed by atoms with Gasteiger partial charge in [0.05, 0.1) is 6.54 Å². The molecule has 1 aromatic rings. The maximum atomic E-state index is 4.14. The third-order valence-electron chi connectivity index (χ3n) is 2.09. The van der Waals surface area contributed by atoms with Crippen LogP contribution in [0.15, 0.2) is 6.33 Å². The lowest BCUT2D eigenvalue weighted by Crippen LogP contribution is -2.28. The Hall–Kier alpha value is -0.420. The van der Waals surface area contributed by atoms with E-state index in [-0.39, 0.29) is 0 Å². The smallest absolute Gasteiger partial charge is 0.140 e. The van der Waals surface area contributed by atoms with E-state index in [1.807, 2.05) is 7.05 Å². The molecule has 0 aliphatic carbocycles. The van der Waals surface area contributed by atoms with Gasteiger partial charge >= 0.3 is 0 Å². The Balaban J connectivity index is 2.30. The van der Waals surface area contributed by atoms with Crippen molar-refractivity contribution in [1.29, 1.82) is 0 Å². The van der Waals surface area contributed by atoms with E-state index in [4.69, 9.17) is 0 Å². The maximum Gasteiger partial charge on any atom is 0.140 e. The maximum absolute atomic E-state index is 4.14. The molecule has 2 unspecified atom stereocenters. The highest BCUT2D eigenvalue weighted by Gasteiger charge is 2.06. The van der Waals surface area contributed by atoms with Crippen molar-refractivity contribution in [2.45, 2.75) is 37.7 Å². The van der Waals surface area contributed by atoms with Crippen LogP contribution in [0.2, 0.25) is 0 Å². The summed E-state index contributed by atoms with van der Waals surface area (Å²) in [7, 11) is 1.90. The third kappa shape index (κ3) is 3.75. The molecule has 0 aliphatic heterocycles. The summed E-state index contributed by atoms with van der Waals surface area (Å²) >= 11 is 3.54. The normalized spacial score (nSPS) is 15.4. The van der Waals surface area contributed by atoms with Gasteiger partial charge < -0.3 is 5.32 Å². The predicted molar refractivity (Wildman–Crippen MR) is 60.3 cm³/mol. The Morgan fingerprint density at radius 3 is 2.79 bits per heavy atom. The topological polar surface area (TPSA) is 42.7 Å². The first kappa shape index (κ1) is 11.7. The molecule has 4 nitrogen and oxygen atoms in total. The lowest BCUT2D eigenvalue weighted by molar-refractivity contribution is 0.496. The molecule has 0 aliphatic rings. The summed E-state index contributed by atoms with van der Waals surface area (Å²) in [4.78, 5) is 4.69. The Morgan fingerprint density at radius 2 is 2.29 bits per heavy atom. The molecule has 0 saturated heterocycles. The average molecular weight is 261 g/mol. The fourth-order valence-corrected chi connectivity index (χ4v) is 1.88. The van der Waals surface area contributed by atoms with Crippen LogP contribution in [0.4, 0.5) is 0 Å². The van der Waals surface area contributed by atoms with E-state index in [1.54, 1.807) is 11.0 Å². The van der Waals surface area contributed by atoms with Gasteiger partial charge in [-0.25, -0.2) is 4.98 Å². The number of hydrogen-bond acceptors (Lipinski definition) is 3. The Kier molecular flexibility index (Phi) is 4.54. The molecule has 2 atom stereocenters. The Morgan fingerprint density at radius 1 is 1.57 bits per heavy atom. The van der Waals surface area contributed by atoms with Crippen LogP contribution in [0.3, 0.4) is 0 Å². The van der Waals surface area contributed by atoms with E-state index >= 15 is 0 Å². The summed E-state index contributed by atoms with van der Waals surface area (Å²) in [6.07, 6.45) is 2.69. The second kappa shape index (κ2) is 5.46. The van der Waals surface area contributed by atoms with Gasteiger partial charge in [0.25, 0.3) is 0 Å². The van der Waals surface area contributed by atoms with Crippen molar-refractivity contribution in [2.24, 2.45) is 7.05 Å². The lowest BCUT2D eigenvalue weighted by Gasteiger charge is -2.14. The van der Waals surface area contributed by atoms with Gasteiger partial charge in [-0.3, -0.25) is 4.68 Å². The van der Waals surface area contributed by atoms with Crippen molar-refractivity contribution in [3.63, 3.8) is 0 Å². The molecule has 0 amide bonds. The average Bonchev–Trinajstić information content (AvgIpc) is 2.46. The standard InChI is InChI=1S/C9H17BrN4/c1-7(10)4-8(2)11-5-9-12-6-13-14(9)3/h6-8,11H,4-5H2,1-3H3. The first-order chi connectivity index (χ1) is 6.59. The van der Waals surface area contributed by atoms with E-state index in [2.05, 4.69) is 45.2 Å². The van der Waals surface area contributed by atoms with Gasteiger partial charge in [0, 0.05) is 17.9 Å². The zero-order valence-electron chi connectivity index (χ0n) is 8.87. The van der Waals surface area contributed by atoms with E-state index in [1.165, 1.54) is 0 Å². The first-order valence-electron chi connectivity index (χ1n) is 4.80. The molecule has 0 radical (unpaired) electrons. The van der Waals surface area contributed by atoms with Crippen LogP contribution in [-0.2, 0) is 13.6 Å². The second-order valence-corrected chi connectivity index (χ2v) is 5.16. The molecule has 0 bridgehead atoms. The van der Waals surface area contributed by atoms with Crippen molar-refractivity contribution in [3.8, 4) is 0 Å². The summed E-state index contributed by atoms with van der Waals surface area (Å²) in [6, 6.07) is 0.487. The minimum Gasteiger partial charge on any atom is -0.307 e. The molecule has 0 spiro atoms. The summed E-state index contributed by atoms with van der Waals surface area (Å²) in [5, 5.41) is 7.42. The van der Waals surface area contributed by atoms with Gasteiger partial charge in [-0.15, -0.1) is 0 Å². The fraction of sp³-hybridized carbons (Fsp3) is 0.778. The minimum atomic E-state index is 0.487. The summed E-state index contributed by atoms with van der Waals surface area (Å²) in [5.41, 5.74) is 0. The number of halogens is 1. The van der Waals surface area contributed by atoms with Crippen LogP contribution in [-0.4, -0.2) is 25.6 Å². The van der Waals surface area contributed by atoms with Crippen LogP contribution >= 0.6 is 15.9 Å². The zero-order valence-corrected chi connectivity index (χ0v) is 10.5. The molecule has 1 rings (SSSR count). The predicted octanol–water partition coefficient (Wildman–Crippen LogP) is 1.47. The summed E-state index contributed by atoms with van der Waals surface area (Å²) in [6.45, 7) is 5.10. The number of alkyl halides is 1. The van der Waals surface area contributed by atoms with Crippen molar-refractivity contribution < 1.29 is 0 Å². The SMILES string of the molecule is CC(Br)CC(C)NCc1ncnn1C. The molecule has 1 aromatic heterocycles. The molecule has 1 N–H and O–H groups in total. The van der Waals surface area contributed by atoms with Crippen molar-refractivity contribution in [3.05, 3.63) is 12.2 Å². The van der Waals surface area contributed by atoms with Crippen LogP contribution in [0.25, 0.3) is 0 Å². The highest BCUT2D eigenvalue weighted by molar-refractivity contribution is 9.09. The quantitative estimate of drug-likeness (QED) is 0.816. The molecule has 80 valence electrons. The van der Waals surface area contributed by atoms with Gasteiger partial charge in [0.2, 0.25) is 0 Å². The summed E-state index contributed by atoms with van der Waals surface area (Å²) in [5.74, 6) is 0.971. The third-order valence-corrected chi connectivity index (χ3v) is 2.47. The highest BCUT2D eigenvalue weighted by Crippen LogP contribution is 2.06. The summed E-state index contributed by atoms with van der Waals surface area (Å²) < 4.78 is 1.79. The fourth-order valence-electron chi connectivity index (χ4n) is 1.32. The number of aromatic nitrogens is 3. The lowest BCUT2D eigenvalue weighted by atomic mass is 10.2. The van der Waals surface area contributed by atoms with Gasteiger partial charge in [0.15, 0.2) is 0 Å². The van der Waals surface area contributed by atoms with Gasteiger partial charge in [0.1, 0.15) is 12.2 Å². The van der Waals surface area contributed by atoms with Crippen LogP contribution in [0, 0.1) is 0 Å². The van der Waals surface area contributed by atoms with E-state index in [0.29, 0.717) is 10.9 Å². The zero-order chi connectivity index (χ0) is 10.6. The van der Waals surface area contributed by atoms with Gasteiger partial charge in [-0.2, -0.15) is 5.10 Å². The van der Waals surface area contributed by atoms with Crippen LogP contribution < -0.4 is 5.32 Å². The number of nitrogens with one attached hydrogen (secondary N) is 1. The van der Waals surface area contributed by atoms with Gasteiger partial charge in [-0.05, 0) is 13.3 Å². The van der Waals surface area contributed by atoms with E-state index in [9.17, 15) is 0 Å². The molecular weight excluding hydrogens is 244 g/mol. The van der Waals surface area contributed by atoms with E-state index < -0.39 is 0 Å². The Labute approximate surface area is 93.2 Å². The van der Waals surface area contributed by atoms with Gasteiger partial charge in [-0.1, -0.05) is 22.9 Å². The molecule has 0 fully saturated rings. The number of nitrogens with zero attached hydrogens (tertiary/aromatic N) is 3. The largest absolute Gasteiger partial charge is 0.307 e. The second-order valence-electron chi connectivity index (χ2n) is 3.60.